The molecule has 0 saturated heterocycles. The van der Waals surface area contributed by atoms with E-state index in [4.69, 9.17) is 5.41 Å². The second-order valence-corrected chi connectivity index (χ2v) is 4.76. The highest BCUT2D eigenvalue weighted by Crippen LogP contribution is 2.14. The Morgan fingerprint density at radius 3 is 2.42 bits per heavy atom. The van der Waals surface area contributed by atoms with E-state index in [1.165, 1.54) is 6.92 Å². The maximum atomic E-state index is 11.3. The maximum absolute atomic E-state index is 11.3. The van der Waals surface area contributed by atoms with Crippen LogP contribution in [-0.4, -0.2) is 12.0 Å². The summed E-state index contributed by atoms with van der Waals surface area (Å²) in [7, 11) is 0. The van der Waals surface area contributed by atoms with Gasteiger partial charge < -0.3 is 5.41 Å². The Bertz CT molecular complexity index is 425. The molecule has 2 nitrogen and oxygen atoms in total. The van der Waals surface area contributed by atoms with E-state index in [1.54, 1.807) is 6.08 Å². The second-order valence-electron chi connectivity index (χ2n) is 4.76. The van der Waals surface area contributed by atoms with Crippen molar-refractivity contribution >= 4 is 12.0 Å². The topological polar surface area (TPSA) is 40.9 Å². The molecule has 0 bridgehead atoms. The van der Waals surface area contributed by atoms with Crippen molar-refractivity contribution in [2.75, 3.05) is 0 Å². The zero-order chi connectivity index (χ0) is 14.8. The number of ketones is 1. The predicted molar refractivity (Wildman–Crippen MR) is 83.7 cm³/mol. The van der Waals surface area contributed by atoms with Crippen LogP contribution in [-0.2, 0) is 4.79 Å². The van der Waals surface area contributed by atoms with Crippen LogP contribution in [0.2, 0.25) is 0 Å². The van der Waals surface area contributed by atoms with Gasteiger partial charge in [-0.15, -0.1) is 0 Å². The summed E-state index contributed by atoms with van der Waals surface area (Å²) < 4.78 is 0. The van der Waals surface area contributed by atoms with Gasteiger partial charge in [0.1, 0.15) is 5.78 Å². The van der Waals surface area contributed by atoms with Crippen molar-refractivity contribution in [3.05, 3.63) is 47.6 Å². The van der Waals surface area contributed by atoms with Gasteiger partial charge in [-0.1, -0.05) is 49.8 Å². The molecule has 0 aliphatic heterocycles. The molecule has 104 valence electrons. The van der Waals surface area contributed by atoms with Gasteiger partial charge in [-0.3, -0.25) is 4.79 Å². The van der Waals surface area contributed by atoms with E-state index >= 15 is 0 Å². The van der Waals surface area contributed by atoms with Crippen LogP contribution < -0.4 is 0 Å². The van der Waals surface area contributed by atoms with Crippen LogP contribution in [0.1, 0.15) is 40.5 Å². The Morgan fingerprint density at radius 2 is 1.95 bits per heavy atom. The van der Waals surface area contributed by atoms with Gasteiger partial charge in [0.15, 0.2) is 0 Å². The van der Waals surface area contributed by atoms with E-state index in [0.717, 1.165) is 35.8 Å². The highest BCUT2D eigenvalue weighted by atomic mass is 16.1. The fraction of sp³-hybridized carbons (Fsp3) is 0.412. The minimum atomic E-state index is -0.443. The maximum Gasteiger partial charge on any atom is 0.141 e. The SMILES string of the molecule is C=C(/C=C(/C)C=CCCC)/C(C)=C/C(C=N)C(C)=O. The number of allylic oxidation sites excluding steroid dienone is 7. The minimum absolute atomic E-state index is 0.0225. The Labute approximate surface area is 117 Å². The van der Waals surface area contributed by atoms with E-state index in [1.807, 2.05) is 19.9 Å². The van der Waals surface area contributed by atoms with Gasteiger partial charge in [-0.25, -0.2) is 0 Å². The normalized spacial score (nSPS) is 14.5. The zero-order valence-electron chi connectivity index (χ0n) is 12.5. The third-order valence-electron chi connectivity index (χ3n) is 2.82. The van der Waals surface area contributed by atoms with Crippen molar-refractivity contribution in [2.24, 2.45) is 5.92 Å². The highest BCUT2D eigenvalue weighted by molar-refractivity contribution is 5.94. The van der Waals surface area contributed by atoms with Gasteiger partial charge >= 0.3 is 0 Å². The van der Waals surface area contributed by atoms with E-state index in [0.29, 0.717) is 0 Å². The highest BCUT2D eigenvalue weighted by Gasteiger charge is 2.08. The Morgan fingerprint density at radius 1 is 1.32 bits per heavy atom. The van der Waals surface area contributed by atoms with Crippen LogP contribution in [0.3, 0.4) is 0 Å². The average molecular weight is 259 g/mol. The predicted octanol–water partition coefficient (Wildman–Crippen LogP) is 4.65. The van der Waals surface area contributed by atoms with E-state index in [-0.39, 0.29) is 5.78 Å². The molecule has 0 saturated carbocycles. The molecule has 2 heteroatoms. The van der Waals surface area contributed by atoms with Crippen molar-refractivity contribution in [1.29, 1.82) is 5.41 Å². The molecule has 0 amide bonds. The molecule has 19 heavy (non-hydrogen) atoms. The molecule has 1 unspecified atom stereocenters. The van der Waals surface area contributed by atoms with Gasteiger partial charge in [-0.05, 0) is 38.3 Å². The standard InChI is InChI=1S/C17H25NO/c1-6-7-8-9-13(2)10-14(3)15(4)11-17(12-18)16(5)19/h8-12,17-18H,3,6-7H2,1-2,4-5H3/b9-8?,13-10-,15-11+,18-12?. The second kappa shape index (κ2) is 9.26. The summed E-state index contributed by atoms with van der Waals surface area (Å²) in [6.07, 6.45) is 11.4. The summed E-state index contributed by atoms with van der Waals surface area (Å²) in [6, 6.07) is 0. The Hall–Kier alpha value is -1.70. The van der Waals surface area contributed by atoms with Crippen molar-refractivity contribution in [3.8, 4) is 0 Å². The van der Waals surface area contributed by atoms with E-state index in [2.05, 4.69) is 25.7 Å². The summed E-state index contributed by atoms with van der Waals surface area (Å²) in [5.41, 5.74) is 2.96. The van der Waals surface area contributed by atoms with Crippen LogP contribution in [0.25, 0.3) is 0 Å². The summed E-state index contributed by atoms with van der Waals surface area (Å²) in [5, 5.41) is 7.23. The van der Waals surface area contributed by atoms with Gasteiger partial charge in [0.25, 0.3) is 0 Å². The first-order valence-electron chi connectivity index (χ1n) is 6.66. The lowest BCUT2D eigenvalue weighted by atomic mass is 9.99. The smallest absolute Gasteiger partial charge is 0.141 e. The number of hydrogen-bond acceptors (Lipinski definition) is 2. The summed E-state index contributed by atoms with van der Waals surface area (Å²) >= 11 is 0. The Balaban J connectivity index is 4.82. The molecule has 0 spiro atoms. The molecule has 0 rings (SSSR count). The fourth-order valence-corrected chi connectivity index (χ4v) is 1.53. The van der Waals surface area contributed by atoms with Crippen molar-refractivity contribution in [1.82, 2.24) is 0 Å². The van der Waals surface area contributed by atoms with Gasteiger partial charge in [0.05, 0.1) is 5.92 Å². The molecule has 1 atom stereocenters. The lowest BCUT2D eigenvalue weighted by Gasteiger charge is -2.06. The quantitative estimate of drug-likeness (QED) is 0.500. The molecule has 0 radical (unpaired) electrons. The van der Waals surface area contributed by atoms with E-state index in [9.17, 15) is 4.79 Å². The molecule has 0 aromatic carbocycles. The molecule has 0 fully saturated rings. The first-order chi connectivity index (χ1) is 8.92. The summed E-state index contributed by atoms with van der Waals surface area (Å²) in [5.74, 6) is -0.466. The average Bonchev–Trinajstić information content (AvgIpc) is 2.35. The number of hydrogen-bond donors (Lipinski definition) is 1. The molecule has 0 aromatic heterocycles. The number of carbonyl (C=O) groups is 1. The first kappa shape index (κ1) is 17.3. The summed E-state index contributed by atoms with van der Waals surface area (Å²) in [4.78, 5) is 11.3. The van der Waals surface area contributed by atoms with Crippen molar-refractivity contribution in [2.45, 2.75) is 40.5 Å². The monoisotopic (exact) mass is 259 g/mol. The third-order valence-corrected chi connectivity index (χ3v) is 2.82. The number of rotatable bonds is 8. The molecule has 1 N–H and O–H groups in total. The van der Waals surface area contributed by atoms with Gasteiger partial charge in [-0.2, -0.15) is 0 Å². The molecule has 0 aliphatic rings. The number of Topliss-reactive ketones (excluding diaryl/α,β-unsaturated/α-hetero) is 1. The largest absolute Gasteiger partial charge is 0.312 e. The third kappa shape index (κ3) is 7.35. The minimum Gasteiger partial charge on any atom is -0.312 e. The molecular weight excluding hydrogens is 234 g/mol. The van der Waals surface area contributed by atoms with Crippen LogP contribution in [0, 0.1) is 11.3 Å². The lowest BCUT2D eigenvalue weighted by Crippen LogP contribution is -2.09. The molecule has 0 aliphatic carbocycles. The summed E-state index contributed by atoms with van der Waals surface area (Å²) in [6.45, 7) is 11.6. The van der Waals surface area contributed by atoms with Crippen LogP contribution in [0.5, 0.6) is 0 Å². The van der Waals surface area contributed by atoms with Crippen molar-refractivity contribution < 1.29 is 4.79 Å². The number of carbonyl (C=O) groups excluding carboxylic acids is 1. The molecular formula is C17H25NO. The number of unbranched alkanes of at least 4 members (excludes halogenated alkanes) is 1. The molecule has 0 aromatic rings. The van der Waals surface area contributed by atoms with Crippen molar-refractivity contribution in [3.63, 3.8) is 0 Å². The Kier molecular flexibility index (Phi) is 8.43. The fourth-order valence-electron chi connectivity index (χ4n) is 1.53. The van der Waals surface area contributed by atoms with Gasteiger partial charge in [0, 0.05) is 6.21 Å². The van der Waals surface area contributed by atoms with Gasteiger partial charge in [0.2, 0.25) is 0 Å². The zero-order valence-corrected chi connectivity index (χ0v) is 12.5. The lowest BCUT2D eigenvalue weighted by molar-refractivity contribution is -0.117. The van der Waals surface area contributed by atoms with Crippen LogP contribution in [0.4, 0.5) is 0 Å². The van der Waals surface area contributed by atoms with Crippen LogP contribution >= 0.6 is 0 Å². The van der Waals surface area contributed by atoms with Crippen LogP contribution in [0.15, 0.2) is 47.6 Å². The first-order valence-corrected chi connectivity index (χ1v) is 6.66. The van der Waals surface area contributed by atoms with E-state index < -0.39 is 5.92 Å². The number of nitrogens with one attached hydrogen (secondary N) is 1. The molecule has 0 heterocycles.